The number of methoxy groups -OCH3 is 2. The fourth-order valence-corrected chi connectivity index (χ4v) is 2.07. The minimum absolute atomic E-state index is 0.734. The van der Waals surface area contributed by atoms with Crippen LogP contribution in [0.5, 0.6) is 11.5 Å². The van der Waals surface area contributed by atoms with Crippen LogP contribution in [0.3, 0.4) is 0 Å². The topological polar surface area (TPSA) is 55.2 Å². The van der Waals surface area contributed by atoms with Crippen LogP contribution in [-0.2, 0) is 0 Å². The van der Waals surface area contributed by atoms with Crippen molar-refractivity contribution in [3.05, 3.63) is 23.8 Å². The molecule has 0 saturated heterocycles. The van der Waals surface area contributed by atoms with Crippen LogP contribution in [-0.4, -0.2) is 32.8 Å². The molecule has 1 aromatic rings. The molecule has 0 spiro atoms. The number of aliphatic imine (C=N–C) groups is 1. The van der Waals surface area contributed by atoms with Crippen molar-refractivity contribution in [1.29, 1.82) is 0 Å². The largest absolute Gasteiger partial charge is 0.497 e. The van der Waals surface area contributed by atoms with Crippen LogP contribution in [0.2, 0.25) is 0 Å². The van der Waals surface area contributed by atoms with E-state index in [2.05, 4.69) is 15.5 Å². The summed E-state index contributed by atoms with van der Waals surface area (Å²) in [5.41, 5.74) is 3.92. The van der Waals surface area contributed by atoms with Gasteiger partial charge in [0.2, 0.25) is 0 Å². The van der Waals surface area contributed by atoms with Crippen LogP contribution in [0.4, 0.5) is 0 Å². The Labute approximate surface area is 119 Å². The number of hydrogen-bond acceptors (Lipinski definition) is 5. The van der Waals surface area contributed by atoms with Crippen LogP contribution in [0.1, 0.15) is 31.2 Å². The van der Waals surface area contributed by atoms with E-state index in [9.17, 15) is 0 Å². The van der Waals surface area contributed by atoms with Gasteiger partial charge in [0, 0.05) is 24.6 Å². The number of nitrogens with one attached hydrogen (secondary N) is 1. The van der Waals surface area contributed by atoms with Crippen molar-refractivity contribution in [1.82, 2.24) is 5.43 Å². The predicted molar refractivity (Wildman–Crippen MR) is 81.0 cm³/mol. The van der Waals surface area contributed by atoms with Gasteiger partial charge in [-0.2, -0.15) is 5.10 Å². The summed E-state index contributed by atoms with van der Waals surface area (Å²) in [6, 6.07) is 5.63. The average molecular weight is 275 g/mol. The lowest BCUT2D eigenvalue weighted by Crippen LogP contribution is -2.17. The number of rotatable bonds is 4. The summed E-state index contributed by atoms with van der Waals surface area (Å²) in [7, 11) is 3.27. The number of amidine groups is 1. The molecule has 1 aliphatic heterocycles. The number of ether oxygens (including phenoxy) is 2. The Hall–Kier alpha value is -2.04. The molecule has 0 saturated carbocycles. The highest BCUT2D eigenvalue weighted by Crippen LogP contribution is 2.22. The normalized spacial score (nSPS) is 15.6. The maximum Gasteiger partial charge on any atom is 0.131 e. The fourth-order valence-electron chi connectivity index (χ4n) is 2.07. The lowest BCUT2D eigenvalue weighted by molar-refractivity contribution is 0.394. The van der Waals surface area contributed by atoms with Crippen molar-refractivity contribution < 1.29 is 9.47 Å². The molecule has 5 nitrogen and oxygen atoms in total. The van der Waals surface area contributed by atoms with Gasteiger partial charge < -0.3 is 9.47 Å². The minimum Gasteiger partial charge on any atom is -0.497 e. The van der Waals surface area contributed by atoms with Crippen LogP contribution in [0.15, 0.2) is 28.3 Å². The Kier molecular flexibility index (Phi) is 5.41. The van der Waals surface area contributed by atoms with E-state index in [1.54, 1.807) is 20.4 Å². The highest BCUT2D eigenvalue weighted by atomic mass is 16.5. The van der Waals surface area contributed by atoms with Crippen LogP contribution < -0.4 is 14.9 Å². The summed E-state index contributed by atoms with van der Waals surface area (Å²) in [4.78, 5) is 4.46. The molecule has 0 fully saturated rings. The van der Waals surface area contributed by atoms with Crippen LogP contribution in [0.25, 0.3) is 0 Å². The van der Waals surface area contributed by atoms with E-state index < -0.39 is 0 Å². The van der Waals surface area contributed by atoms with Gasteiger partial charge in [-0.05, 0) is 25.0 Å². The zero-order chi connectivity index (χ0) is 14.2. The molecule has 2 rings (SSSR count). The Balaban J connectivity index is 2.01. The summed E-state index contributed by atoms with van der Waals surface area (Å²) in [6.07, 6.45) is 6.29. The number of hydrogen-bond donors (Lipinski definition) is 1. The first kappa shape index (κ1) is 14.4. The molecule has 108 valence electrons. The Morgan fingerprint density at radius 3 is 2.90 bits per heavy atom. The molecular weight excluding hydrogens is 254 g/mol. The summed E-state index contributed by atoms with van der Waals surface area (Å²) < 4.78 is 10.5. The average Bonchev–Trinajstić information content (AvgIpc) is 2.76. The van der Waals surface area contributed by atoms with Gasteiger partial charge in [-0.15, -0.1) is 0 Å². The van der Waals surface area contributed by atoms with Gasteiger partial charge in [0.15, 0.2) is 0 Å². The van der Waals surface area contributed by atoms with Gasteiger partial charge in [0.1, 0.15) is 17.3 Å². The summed E-state index contributed by atoms with van der Waals surface area (Å²) in [5.74, 6) is 2.46. The van der Waals surface area contributed by atoms with Crippen molar-refractivity contribution in [3.8, 4) is 11.5 Å². The second kappa shape index (κ2) is 7.53. The molecule has 0 radical (unpaired) electrons. The van der Waals surface area contributed by atoms with Gasteiger partial charge in [-0.1, -0.05) is 6.42 Å². The lowest BCUT2D eigenvalue weighted by atomic mass is 10.2. The molecule has 20 heavy (non-hydrogen) atoms. The van der Waals surface area contributed by atoms with E-state index >= 15 is 0 Å². The van der Waals surface area contributed by atoms with E-state index in [0.29, 0.717) is 0 Å². The third-order valence-corrected chi connectivity index (χ3v) is 3.21. The van der Waals surface area contributed by atoms with Crippen molar-refractivity contribution in [2.45, 2.75) is 25.7 Å². The molecule has 0 aliphatic carbocycles. The number of benzene rings is 1. The molecule has 0 aromatic heterocycles. The van der Waals surface area contributed by atoms with Crippen LogP contribution >= 0.6 is 0 Å². The van der Waals surface area contributed by atoms with Crippen molar-refractivity contribution in [2.75, 3.05) is 20.8 Å². The second-order valence-corrected chi connectivity index (χ2v) is 4.62. The molecule has 0 bridgehead atoms. The van der Waals surface area contributed by atoms with E-state index in [0.717, 1.165) is 35.9 Å². The lowest BCUT2D eigenvalue weighted by Gasteiger charge is -2.07. The summed E-state index contributed by atoms with van der Waals surface area (Å²) in [6.45, 7) is 0.893. The summed E-state index contributed by atoms with van der Waals surface area (Å²) in [5, 5.41) is 4.24. The second-order valence-electron chi connectivity index (χ2n) is 4.62. The third kappa shape index (κ3) is 3.98. The van der Waals surface area contributed by atoms with Crippen molar-refractivity contribution in [2.24, 2.45) is 10.1 Å². The molecular formula is C15H21N3O2. The van der Waals surface area contributed by atoms with Crippen LogP contribution in [0, 0.1) is 0 Å². The maximum atomic E-state index is 5.32. The Morgan fingerprint density at radius 1 is 1.20 bits per heavy atom. The summed E-state index contributed by atoms with van der Waals surface area (Å²) >= 11 is 0. The monoisotopic (exact) mass is 275 g/mol. The van der Waals surface area contributed by atoms with Gasteiger partial charge >= 0.3 is 0 Å². The fraction of sp³-hybridized carbons (Fsp3) is 0.467. The molecule has 0 amide bonds. The minimum atomic E-state index is 0.734. The smallest absolute Gasteiger partial charge is 0.131 e. The van der Waals surface area contributed by atoms with E-state index in [-0.39, 0.29) is 0 Å². The Morgan fingerprint density at radius 2 is 2.10 bits per heavy atom. The van der Waals surface area contributed by atoms with Crippen molar-refractivity contribution >= 4 is 12.1 Å². The van der Waals surface area contributed by atoms with E-state index in [4.69, 9.17) is 9.47 Å². The van der Waals surface area contributed by atoms with E-state index in [1.807, 2.05) is 18.2 Å². The van der Waals surface area contributed by atoms with Gasteiger partial charge in [0.05, 0.1) is 20.4 Å². The highest BCUT2D eigenvalue weighted by molar-refractivity contribution is 5.87. The number of nitrogens with zero attached hydrogens (tertiary/aromatic N) is 2. The zero-order valence-electron chi connectivity index (χ0n) is 12.1. The quantitative estimate of drug-likeness (QED) is 0.679. The molecule has 1 heterocycles. The first-order valence-corrected chi connectivity index (χ1v) is 6.88. The molecule has 1 aliphatic rings. The standard InChI is InChI=1S/C15H21N3O2/c1-19-13-8-7-12(14(10-13)20-2)11-17-18-15-6-4-3-5-9-16-15/h7-8,10-11H,3-6,9H2,1-2H3,(H,16,18). The van der Waals surface area contributed by atoms with Gasteiger partial charge in [0.25, 0.3) is 0 Å². The molecule has 1 N–H and O–H groups in total. The predicted octanol–water partition coefficient (Wildman–Crippen LogP) is 2.60. The molecule has 0 atom stereocenters. The maximum absolute atomic E-state index is 5.32. The van der Waals surface area contributed by atoms with E-state index in [1.165, 1.54) is 19.3 Å². The molecule has 5 heteroatoms. The first-order valence-electron chi connectivity index (χ1n) is 6.88. The highest BCUT2D eigenvalue weighted by Gasteiger charge is 2.04. The molecule has 1 aromatic carbocycles. The molecule has 0 unspecified atom stereocenters. The first-order chi connectivity index (χ1) is 9.83. The van der Waals surface area contributed by atoms with Crippen molar-refractivity contribution in [3.63, 3.8) is 0 Å². The van der Waals surface area contributed by atoms with Gasteiger partial charge in [-0.3, -0.25) is 10.4 Å². The number of hydrazone groups is 1. The zero-order valence-corrected chi connectivity index (χ0v) is 12.1. The Bertz CT molecular complexity index is 498. The van der Waals surface area contributed by atoms with Gasteiger partial charge in [-0.25, -0.2) is 0 Å². The third-order valence-electron chi connectivity index (χ3n) is 3.21. The SMILES string of the molecule is COc1ccc(C=NNC2=NCCCCC2)c(OC)c1.